The number of aryl methyl sites for hydroxylation is 1. The quantitative estimate of drug-likeness (QED) is 0.808. The predicted octanol–water partition coefficient (Wildman–Crippen LogP) is 2.55. The van der Waals surface area contributed by atoms with Gasteiger partial charge in [-0.25, -0.2) is 13.1 Å². The van der Waals surface area contributed by atoms with Gasteiger partial charge in [-0.15, -0.1) is 0 Å². The van der Waals surface area contributed by atoms with Crippen LogP contribution in [0.2, 0.25) is 5.02 Å². The molecule has 19 heavy (non-hydrogen) atoms. The normalized spacial score (nSPS) is 14.6. The second kappa shape index (κ2) is 6.11. The molecule has 1 heterocycles. The van der Waals surface area contributed by atoms with E-state index in [0.29, 0.717) is 6.42 Å². The minimum Gasteiger partial charge on any atom is -0.255 e. The molecule has 5 nitrogen and oxygen atoms in total. The highest BCUT2D eigenvalue weighted by Crippen LogP contribution is 2.26. The molecule has 1 rings (SSSR count). The van der Waals surface area contributed by atoms with Crippen molar-refractivity contribution < 1.29 is 8.42 Å². The molecule has 0 aliphatic heterocycles. The number of rotatable bonds is 5. The summed E-state index contributed by atoms with van der Waals surface area (Å²) in [5.74, 6) is 0. The third-order valence-electron chi connectivity index (χ3n) is 2.84. The maximum atomic E-state index is 12.4. The summed E-state index contributed by atoms with van der Waals surface area (Å²) in [5, 5.41) is 4.70. The summed E-state index contributed by atoms with van der Waals surface area (Å²) in [4.78, 5) is 0. The van der Waals surface area contributed by atoms with Crippen LogP contribution in [0.3, 0.4) is 0 Å². The van der Waals surface area contributed by atoms with E-state index in [4.69, 9.17) is 11.6 Å². The van der Waals surface area contributed by atoms with Gasteiger partial charge >= 0.3 is 0 Å². The molecule has 1 atom stereocenters. The molecule has 0 aliphatic carbocycles. The van der Waals surface area contributed by atoms with Gasteiger partial charge in [-0.3, -0.25) is 4.68 Å². The Balaban J connectivity index is 3.08. The molecular formula is C11H19BrClN3O2S. The minimum atomic E-state index is -3.69. The van der Waals surface area contributed by atoms with Gasteiger partial charge in [-0.05, 0) is 11.8 Å². The van der Waals surface area contributed by atoms with E-state index >= 15 is 0 Å². The summed E-state index contributed by atoms with van der Waals surface area (Å²) in [6, 6.07) is -0.192. The second-order valence-corrected chi connectivity index (χ2v) is 8.27. The standard InChI is InChI=1S/C11H19BrClN3O2S/c1-11(2,3)9(5-6-12)15-19(17,18)10-8(13)7-14-16(10)4/h7,9,15H,5-6H2,1-4H3. The van der Waals surface area contributed by atoms with E-state index in [1.54, 1.807) is 7.05 Å². The predicted molar refractivity (Wildman–Crippen MR) is 80.2 cm³/mol. The first-order valence-corrected chi connectivity index (χ1v) is 8.83. The van der Waals surface area contributed by atoms with Crippen LogP contribution in [-0.2, 0) is 17.1 Å². The first-order chi connectivity index (χ1) is 8.59. The highest BCUT2D eigenvalue weighted by Gasteiger charge is 2.31. The monoisotopic (exact) mass is 371 g/mol. The molecule has 0 saturated carbocycles. The van der Waals surface area contributed by atoms with E-state index in [0.717, 1.165) is 5.33 Å². The zero-order valence-corrected chi connectivity index (χ0v) is 14.6. The van der Waals surface area contributed by atoms with E-state index in [1.807, 2.05) is 20.8 Å². The molecule has 1 aromatic rings. The summed E-state index contributed by atoms with van der Waals surface area (Å²) >= 11 is 9.24. The highest BCUT2D eigenvalue weighted by atomic mass is 79.9. The van der Waals surface area contributed by atoms with Crippen LogP contribution in [0.15, 0.2) is 11.2 Å². The van der Waals surface area contributed by atoms with Crippen LogP contribution >= 0.6 is 27.5 Å². The molecule has 0 spiro atoms. The Hall–Kier alpha value is -0.110. The fourth-order valence-corrected chi connectivity index (χ4v) is 4.31. The van der Waals surface area contributed by atoms with E-state index in [1.165, 1.54) is 10.9 Å². The lowest BCUT2D eigenvalue weighted by atomic mass is 9.86. The van der Waals surface area contributed by atoms with Crippen molar-refractivity contribution in [3.8, 4) is 0 Å². The third kappa shape index (κ3) is 4.18. The molecule has 0 bridgehead atoms. The average molecular weight is 373 g/mol. The molecule has 8 heteroatoms. The lowest BCUT2D eigenvalue weighted by Crippen LogP contribution is -2.44. The van der Waals surface area contributed by atoms with Crippen LogP contribution in [0, 0.1) is 5.41 Å². The lowest BCUT2D eigenvalue weighted by molar-refractivity contribution is 0.293. The summed E-state index contributed by atoms with van der Waals surface area (Å²) in [5.41, 5.74) is -0.189. The Morgan fingerprint density at radius 1 is 1.53 bits per heavy atom. The number of hydrogen-bond acceptors (Lipinski definition) is 3. The molecule has 110 valence electrons. The molecule has 1 unspecified atom stereocenters. The second-order valence-electron chi connectivity index (χ2n) is 5.44. The largest absolute Gasteiger partial charge is 0.259 e. The SMILES string of the molecule is Cn1ncc(Cl)c1S(=O)(=O)NC(CCBr)C(C)(C)C. The van der Waals surface area contributed by atoms with Crippen molar-refractivity contribution in [1.29, 1.82) is 0 Å². The van der Waals surface area contributed by atoms with Gasteiger partial charge in [-0.2, -0.15) is 5.10 Å². The van der Waals surface area contributed by atoms with Crippen LogP contribution in [0.5, 0.6) is 0 Å². The smallest absolute Gasteiger partial charge is 0.255 e. The minimum absolute atomic E-state index is 0.00186. The lowest BCUT2D eigenvalue weighted by Gasteiger charge is -2.30. The van der Waals surface area contributed by atoms with E-state index in [2.05, 4.69) is 25.8 Å². The van der Waals surface area contributed by atoms with Crippen molar-refractivity contribution in [2.24, 2.45) is 12.5 Å². The van der Waals surface area contributed by atoms with Gasteiger partial charge in [0.05, 0.1) is 11.2 Å². The third-order valence-corrected chi connectivity index (χ3v) is 5.27. The van der Waals surface area contributed by atoms with Crippen LogP contribution in [-0.4, -0.2) is 29.6 Å². The van der Waals surface area contributed by atoms with E-state index in [9.17, 15) is 8.42 Å². The van der Waals surface area contributed by atoms with Crippen LogP contribution in [0.1, 0.15) is 27.2 Å². The van der Waals surface area contributed by atoms with Crippen molar-refractivity contribution in [1.82, 2.24) is 14.5 Å². The molecule has 0 aromatic carbocycles. The Labute approximate surface area is 127 Å². The number of alkyl halides is 1. The fourth-order valence-electron chi connectivity index (χ4n) is 1.72. The van der Waals surface area contributed by atoms with Crippen molar-refractivity contribution in [3.05, 3.63) is 11.2 Å². The zero-order valence-electron chi connectivity index (χ0n) is 11.4. The van der Waals surface area contributed by atoms with Crippen LogP contribution < -0.4 is 4.72 Å². The summed E-state index contributed by atoms with van der Waals surface area (Å²) in [7, 11) is -2.13. The van der Waals surface area contributed by atoms with Crippen LogP contribution in [0.4, 0.5) is 0 Å². The van der Waals surface area contributed by atoms with Gasteiger partial charge in [0, 0.05) is 18.4 Å². The number of sulfonamides is 1. The van der Waals surface area contributed by atoms with Gasteiger partial charge in [0.15, 0.2) is 5.03 Å². The Morgan fingerprint density at radius 2 is 2.11 bits per heavy atom. The number of nitrogens with zero attached hydrogens (tertiary/aromatic N) is 2. The fraction of sp³-hybridized carbons (Fsp3) is 0.727. The maximum absolute atomic E-state index is 12.4. The number of aromatic nitrogens is 2. The molecular weight excluding hydrogens is 354 g/mol. The highest BCUT2D eigenvalue weighted by molar-refractivity contribution is 9.09. The van der Waals surface area contributed by atoms with Crippen molar-refractivity contribution in [2.45, 2.75) is 38.3 Å². The molecule has 0 aliphatic rings. The Bertz CT molecular complexity index is 517. The molecule has 0 fully saturated rings. The van der Waals surface area contributed by atoms with Gasteiger partial charge in [0.2, 0.25) is 0 Å². The molecule has 0 saturated heterocycles. The van der Waals surface area contributed by atoms with E-state index < -0.39 is 10.0 Å². The molecule has 1 N–H and O–H groups in total. The number of nitrogens with one attached hydrogen (secondary N) is 1. The van der Waals surface area contributed by atoms with Crippen molar-refractivity contribution in [2.75, 3.05) is 5.33 Å². The van der Waals surface area contributed by atoms with E-state index in [-0.39, 0.29) is 21.5 Å². The maximum Gasteiger partial charge on any atom is 0.259 e. The zero-order chi connectivity index (χ0) is 14.8. The Kier molecular flexibility index (Phi) is 5.45. The molecule has 0 amide bonds. The van der Waals surface area contributed by atoms with Gasteiger partial charge in [0.1, 0.15) is 0 Å². The van der Waals surface area contributed by atoms with Gasteiger partial charge in [0.25, 0.3) is 10.0 Å². The summed E-state index contributed by atoms with van der Waals surface area (Å²) < 4.78 is 28.8. The molecule has 0 radical (unpaired) electrons. The van der Waals surface area contributed by atoms with Crippen molar-refractivity contribution >= 4 is 37.6 Å². The number of halogens is 2. The number of hydrogen-bond donors (Lipinski definition) is 1. The van der Waals surface area contributed by atoms with Gasteiger partial charge < -0.3 is 0 Å². The first kappa shape index (κ1) is 16.9. The van der Waals surface area contributed by atoms with Crippen molar-refractivity contribution in [3.63, 3.8) is 0 Å². The molecule has 1 aromatic heterocycles. The van der Waals surface area contributed by atoms with Crippen LogP contribution in [0.25, 0.3) is 0 Å². The first-order valence-electron chi connectivity index (χ1n) is 5.85. The summed E-state index contributed by atoms with van der Waals surface area (Å²) in [6.07, 6.45) is 2.02. The Morgan fingerprint density at radius 3 is 2.47 bits per heavy atom. The summed E-state index contributed by atoms with van der Waals surface area (Å²) in [6.45, 7) is 5.98. The average Bonchev–Trinajstić information content (AvgIpc) is 2.56. The topological polar surface area (TPSA) is 64.0 Å². The van der Waals surface area contributed by atoms with Gasteiger partial charge in [-0.1, -0.05) is 48.3 Å².